The lowest BCUT2D eigenvalue weighted by Crippen LogP contribution is -1.96. The highest BCUT2D eigenvalue weighted by Crippen LogP contribution is 1.77. The summed E-state index contributed by atoms with van der Waals surface area (Å²) in [7, 11) is 0. The van der Waals surface area contributed by atoms with Crippen molar-refractivity contribution < 1.29 is 0 Å². The zero-order chi connectivity index (χ0) is 4.95. The van der Waals surface area contributed by atoms with Crippen LogP contribution in [-0.4, -0.2) is 6.34 Å². The first-order valence-corrected chi connectivity index (χ1v) is 2.09. The molecule has 0 bridgehead atoms. The highest BCUT2D eigenvalue weighted by atomic mass is 79.9. The van der Waals surface area contributed by atoms with E-state index in [1.54, 1.807) is 12.5 Å². The fourth-order valence-corrected chi connectivity index (χ4v) is 0.340. The number of allylic oxidation sites excluding steroid dienone is 2. The number of rotatable bonds is 0. The van der Waals surface area contributed by atoms with Gasteiger partial charge in [0, 0.05) is 12.4 Å². The molecule has 0 aromatic heterocycles. The second kappa shape index (κ2) is 7.91. The molecule has 0 aromatic rings. The molecule has 0 spiro atoms. The molecule has 0 radical (unpaired) electrons. The molecule has 2 nitrogen and oxygen atoms in total. The zero-order valence-corrected chi connectivity index (χ0v) is 8.08. The molecule has 1 aliphatic heterocycles. The molecule has 1 rings (SSSR count). The molecule has 1 N–H and O–H groups in total. The van der Waals surface area contributed by atoms with E-state index in [9.17, 15) is 0 Å². The summed E-state index contributed by atoms with van der Waals surface area (Å²) < 4.78 is 0. The average molecular weight is 256 g/mol. The monoisotopic (exact) mass is 254 g/mol. The summed E-state index contributed by atoms with van der Waals surface area (Å²) >= 11 is 0. The van der Waals surface area contributed by atoms with Gasteiger partial charge in [-0.1, -0.05) is 0 Å². The minimum absolute atomic E-state index is 0. The minimum atomic E-state index is 0. The van der Waals surface area contributed by atoms with Gasteiger partial charge in [-0.15, -0.1) is 34.0 Å². The van der Waals surface area contributed by atoms with Crippen LogP contribution in [-0.2, 0) is 0 Å². The van der Waals surface area contributed by atoms with Crippen LogP contribution < -0.4 is 5.32 Å². The van der Waals surface area contributed by atoms with Gasteiger partial charge in [0.2, 0.25) is 0 Å². The second-order valence-electron chi connectivity index (χ2n) is 1.15. The van der Waals surface area contributed by atoms with E-state index in [1.807, 2.05) is 18.4 Å². The summed E-state index contributed by atoms with van der Waals surface area (Å²) in [5.74, 6) is 0. The summed E-state index contributed by atoms with van der Waals surface area (Å²) in [4.78, 5) is 3.79. The second-order valence-corrected chi connectivity index (χ2v) is 1.15. The predicted molar refractivity (Wildman–Crippen MR) is 50.6 cm³/mol. The lowest BCUT2D eigenvalue weighted by molar-refractivity contribution is 1.32. The van der Waals surface area contributed by atoms with Crippen molar-refractivity contribution in [3.8, 4) is 0 Å². The summed E-state index contributed by atoms with van der Waals surface area (Å²) in [6.07, 6.45) is 8.90. The van der Waals surface area contributed by atoms with Crippen LogP contribution in [0.4, 0.5) is 0 Å². The van der Waals surface area contributed by atoms with Gasteiger partial charge in [-0.3, -0.25) is 0 Å². The highest BCUT2D eigenvalue weighted by molar-refractivity contribution is 8.93. The van der Waals surface area contributed by atoms with Gasteiger partial charge in [0.05, 0.1) is 6.34 Å². The van der Waals surface area contributed by atoms with Crippen molar-refractivity contribution >= 4 is 40.3 Å². The van der Waals surface area contributed by atoms with Crippen molar-refractivity contribution in [3.05, 3.63) is 24.6 Å². The molecule has 0 atom stereocenters. The molecule has 52 valence electrons. The van der Waals surface area contributed by atoms with Gasteiger partial charge in [-0.05, 0) is 12.2 Å². The molecule has 0 unspecified atom stereocenters. The Kier molecular flexibility index (Phi) is 10.3. The van der Waals surface area contributed by atoms with Crippen LogP contribution in [0.15, 0.2) is 29.5 Å². The maximum Gasteiger partial charge on any atom is 0.0918 e. The molecular weight excluding hydrogens is 248 g/mol. The largest absolute Gasteiger partial charge is 0.353 e. The molecule has 1 aliphatic rings. The van der Waals surface area contributed by atoms with Crippen LogP contribution >= 0.6 is 34.0 Å². The fraction of sp³-hybridized carbons (Fsp3) is 0. The number of nitrogens with zero attached hydrogens (tertiary/aromatic N) is 1. The summed E-state index contributed by atoms with van der Waals surface area (Å²) in [6.45, 7) is 0. The van der Waals surface area contributed by atoms with Gasteiger partial charge in [0.15, 0.2) is 0 Å². The molecule has 0 aromatic carbocycles. The molecular formula is C5H8Br2N2. The molecule has 0 fully saturated rings. The third-order valence-corrected chi connectivity index (χ3v) is 0.625. The van der Waals surface area contributed by atoms with Gasteiger partial charge >= 0.3 is 0 Å². The van der Waals surface area contributed by atoms with E-state index >= 15 is 0 Å². The molecule has 0 amide bonds. The molecule has 4 heteroatoms. The number of nitrogens with one attached hydrogen (secondary N) is 1. The Labute approximate surface area is 75.3 Å². The Morgan fingerprint density at radius 3 is 2.67 bits per heavy atom. The fourth-order valence-electron chi connectivity index (χ4n) is 0.340. The summed E-state index contributed by atoms with van der Waals surface area (Å²) in [5, 5.41) is 2.81. The van der Waals surface area contributed by atoms with E-state index in [4.69, 9.17) is 0 Å². The Bertz CT molecular complexity index is 115. The molecule has 0 saturated heterocycles. The van der Waals surface area contributed by atoms with Crippen molar-refractivity contribution in [2.24, 2.45) is 4.99 Å². The third kappa shape index (κ3) is 5.79. The third-order valence-electron chi connectivity index (χ3n) is 0.625. The summed E-state index contributed by atoms with van der Waals surface area (Å²) in [5.41, 5.74) is 0. The van der Waals surface area contributed by atoms with Crippen LogP contribution in [0.1, 0.15) is 0 Å². The number of halogens is 2. The van der Waals surface area contributed by atoms with Gasteiger partial charge in [0.25, 0.3) is 0 Å². The van der Waals surface area contributed by atoms with Gasteiger partial charge in [-0.2, -0.15) is 0 Å². The van der Waals surface area contributed by atoms with Gasteiger partial charge in [-0.25, -0.2) is 4.99 Å². The van der Waals surface area contributed by atoms with E-state index in [2.05, 4.69) is 10.3 Å². The van der Waals surface area contributed by atoms with Crippen LogP contribution in [0.3, 0.4) is 0 Å². The number of hydrogen-bond acceptors (Lipinski definition) is 2. The van der Waals surface area contributed by atoms with Gasteiger partial charge < -0.3 is 5.32 Å². The van der Waals surface area contributed by atoms with Gasteiger partial charge in [0.1, 0.15) is 0 Å². The smallest absolute Gasteiger partial charge is 0.0918 e. The molecule has 0 saturated carbocycles. The summed E-state index contributed by atoms with van der Waals surface area (Å²) in [6, 6.07) is 0. The first kappa shape index (κ1) is 11.7. The van der Waals surface area contributed by atoms with E-state index in [0.29, 0.717) is 0 Å². The lowest BCUT2D eigenvalue weighted by atomic mass is 10.6. The molecule has 9 heavy (non-hydrogen) atoms. The van der Waals surface area contributed by atoms with Crippen molar-refractivity contribution in [3.63, 3.8) is 0 Å². The minimum Gasteiger partial charge on any atom is -0.353 e. The Morgan fingerprint density at radius 2 is 1.89 bits per heavy atom. The maximum absolute atomic E-state index is 3.79. The molecule has 0 aliphatic carbocycles. The van der Waals surface area contributed by atoms with Crippen LogP contribution in [0.25, 0.3) is 0 Å². The quantitative estimate of drug-likeness (QED) is 0.702. The Balaban J connectivity index is 0. The normalized spacial score (nSPS) is 12.4. The van der Waals surface area contributed by atoms with E-state index in [0.717, 1.165) is 0 Å². The Hall–Kier alpha value is -0.0900. The SMILES string of the molecule is Br.Br.C1=CN=CNC=C1. The predicted octanol–water partition coefficient (Wildman–Crippen LogP) is 1.80. The average Bonchev–Trinajstić information content (AvgIpc) is 1.90. The highest BCUT2D eigenvalue weighted by Gasteiger charge is 1.68. The van der Waals surface area contributed by atoms with Crippen molar-refractivity contribution in [2.45, 2.75) is 0 Å². The number of hydrogen-bond donors (Lipinski definition) is 1. The Morgan fingerprint density at radius 1 is 1.11 bits per heavy atom. The first-order chi connectivity index (χ1) is 3.50. The maximum atomic E-state index is 3.79. The standard InChI is InChI=1S/C5H6N2.2BrH/c1-2-4-7-5-6-3-1;;/h1-5H,(H,6,7);2*1H. The van der Waals surface area contributed by atoms with Crippen molar-refractivity contribution in [1.29, 1.82) is 0 Å². The van der Waals surface area contributed by atoms with E-state index in [-0.39, 0.29) is 34.0 Å². The molecule has 1 heterocycles. The van der Waals surface area contributed by atoms with Crippen LogP contribution in [0.5, 0.6) is 0 Å². The van der Waals surface area contributed by atoms with E-state index < -0.39 is 0 Å². The van der Waals surface area contributed by atoms with E-state index in [1.165, 1.54) is 0 Å². The number of aliphatic imine (C=N–C) groups is 1. The van der Waals surface area contributed by atoms with Crippen LogP contribution in [0.2, 0.25) is 0 Å². The lowest BCUT2D eigenvalue weighted by Gasteiger charge is -1.77. The van der Waals surface area contributed by atoms with Crippen molar-refractivity contribution in [2.75, 3.05) is 0 Å². The first-order valence-electron chi connectivity index (χ1n) is 2.09. The van der Waals surface area contributed by atoms with Crippen molar-refractivity contribution in [1.82, 2.24) is 5.32 Å². The van der Waals surface area contributed by atoms with Crippen LogP contribution in [0, 0.1) is 0 Å². The zero-order valence-electron chi connectivity index (χ0n) is 4.65. The topological polar surface area (TPSA) is 24.4 Å².